The van der Waals surface area contributed by atoms with Gasteiger partial charge in [-0.3, -0.25) is 10.1 Å². The van der Waals surface area contributed by atoms with Crippen molar-refractivity contribution in [2.24, 2.45) is 0 Å². The Morgan fingerprint density at radius 2 is 1.83 bits per heavy atom. The predicted octanol–water partition coefficient (Wildman–Crippen LogP) is 4.81. The van der Waals surface area contributed by atoms with E-state index < -0.39 is 15.9 Å². The van der Waals surface area contributed by atoms with Crippen molar-refractivity contribution in [1.29, 1.82) is 0 Å². The molecule has 4 rings (SSSR count). The molecule has 3 aromatic rings. The number of sulfonamides is 1. The molecule has 0 bridgehead atoms. The van der Waals surface area contributed by atoms with Crippen molar-refractivity contribution < 1.29 is 13.2 Å². The number of amides is 1. The molecule has 0 aliphatic carbocycles. The molecule has 1 aliphatic heterocycles. The number of carbonyl (C=O) groups excluding carboxylic acids is 1. The van der Waals surface area contributed by atoms with Crippen LogP contribution in [0.3, 0.4) is 0 Å². The smallest absolute Gasteiger partial charge is 0.257 e. The van der Waals surface area contributed by atoms with E-state index >= 15 is 0 Å². The van der Waals surface area contributed by atoms with Gasteiger partial charge in [0.15, 0.2) is 5.13 Å². The number of halogens is 1. The Hall–Kier alpha value is -2.26. The van der Waals surface area contributed by atoms with Gasteiger partial charge in [-0.1, -0.05) is 29.8 Å². The number of hydrogen-bond acceptors (Lipinski definition) is 5. The summed E-state index contributed by atoms with van der Waals surface area (Å²) in [4.78, 5) is 18.4. The molecule has 0 spiro atoms. The van der Waals surface area contributed by atoms with E-state index in [1.165, 1.54) is 27.8 Å². The second-order valence-electron chi connectivity index (χ2n) is 7.02. The van der Waals surface area contributed by atoms with Crippen molar-refractivity contribution in [3.8, 4) is 11.3 Å². The minimum atomic E-state index is -3.58. The van der Waals surface area contributed by atoms with Crippen molar-refractivity contribution in [2.75, 3.05) is 18.4 Å². The summed E-state index contributed by atoms with van der Waals surface area (Å²) < 4.78 is 27.0. The lowest BCUT2D eigenvalue weighted by Gasteiger charge is -2.15. The van der Waals surface area contributed by atoms with Crippen LogP contribution in [0.2, 0.25) is 5.02 Å². The number of benzene rings is 2. The molecule has 0 unspecified atom stereocenters. The molecular formula is C21H20ClN3O3S2. The highest BCUT2D eigenvalue weighted by molar-refractivity contribution is 7.89. The van der Waals surface area contributed by atoms with E-state index in [-0.39, 0.29) is 10.5 Å². The van der Waals surface area contributed by atoms with Crippen molar-refractivity contribution in [2.45, 2.75) is 24.7 Å². The number of nitrogens with one attached hydrogen (secondary N) is 1. The molecule has 30 heavy (non-hydrogen) atoms. The summed E-state index contributed by atoms with van der Waals surface area (Å²) in [5, 5.41) is 3.88. The third kappa shape index (κ3) is 4.27. The fourth-order valence-electron chi connectivity index (χ4n) is 3.37. The average molecular weight is 462 g/mol. The number of aromatic nitrogens is 1. The van der Waals surface area contributed by atoms with Crippen molar-refractivity contribution >= 4 is 44.0 Å². The number of rotatable bonds is 5. The summed E-state index contributed by atoms with van der Waals surface area (Å²) in [6.07, 6.45) is 1.72. The van der Waals surface area contributed by atoms with E-state index in [9.17, 15) is 13.2 Å². The first kappa shape index (κ1) is 21.0. The molecule has 0 atom stereocenters. The van der Waals surface area contributed by atoms with Crippen LogP contribution >= 0.6 is 22.9 Å². The fraction of sp³-hybridized carbons (Fsp3) is 0.238. The molecule has 1 aliphatic rings. The van der Waals surface area contributed by atoms with Crippen LogP contribution in [-0.2, 0) is 10.0 Å². The van der Waals surface area contributed by atoms with Crippen LogP contribution in [0, 0.1) is 6.92 Å². The Labute approximate surface area is 184 Å². The monoisotopic (exact) mass is 461 g/mol. The summed E-state index contributed by atoms with van der Waals surface area (Å²) in [7, 11) is -3.58. The second kappa shape index (κ2) is 8.47. The standard InChI is InChI=1S/C21H20ClN3O3S2/c1-14-19(15-7-9-17(22)10-8-15)23-21(29-14)24-20(26)16-5-4-6-18(13-16)30(27,28)25-11-2-3-12-25/h4-10,13H,2-3,11-12H2,1H3,(H,23,24,26). The Kier molecular flexibility index (Phi) is 5.92. The van der Waals surface area contributed by atoms with E-state index in [0.29, 0.717) is 23.2 Å². The summed E-state index contributed by atoms with van der Waals surface area (Å²) in [5.74, 6) is -0.398. The van der Waals surface area contributed by atoms with E-state index in [1.807, 2.05) is 19.1 Å². The Balaban J connectivity index is 1.55. The lowest BCUT2D eigenvalue weighted by molar-refractivity contribution is 0.102. The lowest BCUT2D eigenvalue weighted by Crippen LogP contribution is -2.28. The van der Waals surface area contributed by atoms with Crippen molar-refractivity contribution in [1.82, 2.24) is 9.29 Å². The summed E-state index contributed by atoms with van der Waals surface area (Å²) in [6, 6.07) is 13.5. The van der Waals surface area contributed by atoms with Gasteiger partial charge >= 0.3 is 0 Å². The summed E-state index contributed by atoms with van der Waals surface area (Å²) in [6.45, 7) is 2.97. The van der Waals surface area contributed by atoms with Gasteiger partial charge < -0.3 is 0 Å². The number of nitrogens with zero attached hydrogens (tertiary/aromatic N) is 2. The maximum Gasteiger partial charge on any atom is 0.257 e. The van der Waals surface area contributed by atoms with Crippen molar-refractivity contribution in [3.05, 3.63) is 64.0 Å². The topological polar surface area (TPSA) is 79.4 Å². The zero-order valence-electron chi connectivity index (χ0n) is 16.3. The van der Waals surface area contributed by atoms with Gasteiger partial charge in [-0.2, -0.15) is 4.31 Å². The number of thiazole rings is 1. The third-order valence-corrected chi connectivity index (χ3v) is 7.97. The molecule has 0 radical (unpaired) electrons. The first-order chi connectivity index (χ1) is 14.3. The highest BCUT2D eigenvalue weighted by atomic mass is 35.5. The van der Waals surface area contributed by atoms with Crippen LogP contribution in [0.5, 0.6) is 0 Å². The van der Waals surface area contributed by atoms with E-state index in [1.54, 1.807) is 24.3 Å². The maximum atomic E-state index is 12.8. The van der Waals surface area contributed by atoms with Gasteiger partial charge in [0.25, 0.3) is 5.91 Å². The van der Waals surface area contributed by atoms with Gasteiger partial charge in [-0.15, -0.1) is 11.3 Å². The Bertz CT molecular complexity index is 1180. The summed E-state index contributed by atoms with van der Waals surface area (Å²) >= 11 is 7.31. The van der Waals surface area contributed by atoms with Gasteiger partial charge in [-0.25, -0.2) is 13.4 Å². The summed E-state index contributed by atoms with van der Waals surface area (Å²) in [5.41, 5.74) is 1.96. The molecule has 2 heterocycles. The molecule has 1 saturated heterocycles. The number of carbonyl (C=O) groups is 1. The average Bonchev–Trinajstić information content (AvgIpc) is 3.39. The number of hydrogen-bond donors (Lipinski definition) is 1. The second-order valence-corrected chi connectivity index (χ2v) is 10.6. The zero-order valence-corrected chi connectivity index (χ0v) is 18.6. The maximum absolute atomic E-state index is 12.8. The SMILES string of the molecule is Cc1sc(NC(=O)c2cccc(S(=O)(=O)N3CCCC3)c2)nc1-c1ccc(Cl)cc1. The number of anilines is 1. The van der Waals surface area contributed by atoms with E-state index in [2.05, 4.69) is 10.3 Å². The highest BCUT2D eigenvalue weighted by Gasteiger charge is 2.27. The molecular weight excluding hydrogens is 442 g/mol. The van der Waals surface area contributed by atoms with Gasteiger partial charge in [0.1, 0.15) is 0 Å². The Morgan fingerprint density at radius 1 is 1.13 bits per heavy atom. The molecule has 1 fully saturated rings. The molecule has 1 amide bonds. The molecule has 9 heteroatoms. The number of aryl methyl sites for hydroxylation is 1. The highest BCUT2D eigenvalue weighted by Crippen LogP contribution is 2.31. The molecule has 0 saturated carbocycles. The fourth-order valence-corrected chi connectivity index (χ4v) is 5.89. The van der Waals surface area contributed by atoms with Gasteiger partial charge in [0, 0.05) is 34.1 Å². The normalized spacial score (nSPS) is 14.7. The molecule has 1 aromatic heterocycles. The van der Waals surface area contributed by atoms with Crippen LogP contribution in [0.15, 0.2) is 53.4 Å². The lowest BCUT2D eigenvalue weighted by atomic mass is 10.1. The quantitative estimate of drug-likeness (QED) is 0.591. The van der Waals surface area contributed by atoms with Gasteiger partial charge in [-0.05, 0) is 50.1 Å². The van der Waals surface area contributed by atoms with Crippen LogP contribution < -0.4 is 5.32 Å². The van der Waals surface area contributed by atoms with Crippen LogP contribution in [0.25, 0.3) is 11.3 Å². The van der Waals surface area contributed by atoms with Crippen molar-refractivity contribution in [3.63, 3.8) is 0 Å². The van der Waals surface area contributed by atoms with Gasteiger partial charge in [0.05, 0.1) is 10.6 Å². The van der Waals surface area contributed by atoms with Crippen LogP contribution in [-0.4, -0.2) is 36.7 Å². The minimum absolute atomic E-state index is 0.134. The van der Waals surface area contributed by atoms with Gasteiger partial charge in [0.2, 0.25) is 10.0 Å². The first-order valence-corrected chi connectivity index (χ1v) is 12.1. The zero-order chi connectivity index (χ0) is 21.3. The first-order valence-electron chi connectivity index (χ1n) is 9.49. The largest absolute Gasteiger partial charge is 0.298 e. The molecule has 156 valence electrons. The molecule has 2 aromatic carbocycles. The van der Waals surface area contributed by atoms with E-state index in [4.69, 9.17) is 11.6 Å². The third-order valence-electron chi connectivity index (χ3n) is 4.93. The van der Waals surface area contributed by atoms with E-state index in [0.717, 1.165) is 29.0 Å². The predicted molar refractivity (Wildman–Crippen MR) is 120 cm³/mol. The molecule has 6 nitrogen and oxygen atoms in total. The minimum Gasteiger partial charge on any atom is -0.298 e. The molecule has 1 N–H and O–H groups in total. The van der Waals surface area contributed by atoms with Crippen LogP contribution in [0.4, 0.5) is 5.13 Å². The Morgan fingerprint density at radius 3 is 2.53 bits per heavy atom. The van der Waals surface area contributed by atoms with Crippen LogP contribution in [0.1, 0.15) is 28.1 Å².